The summed E-state index contributed by atoms with van der Waals surface area (Å²) in [5.41, 5.74) is -0.0118. The molecule has 0 radical (unpaired) electrons. The molecule has 1 aromatic rings. The van der Waals surface area contributed by atoms with E-state index < -0.39 is 23.3 Å². The maximum absolute atomic E-state index is 12.3. The van der Waals surface area contributed by atoms with Crippen LogP contribution >= 0.6 is 15.9 Å². The van der Waals surface area contributed by atoms with E-state index in [2.05, 4.69) is 21.2 Å². The van der Waals surface area contributed by atoms with Crippen LogP contribution in [0, 0.1) is 12.3 Å². The van der Waals surface area contributed by atoms with Crippen LogP contribution in [0.15, 0.2) is 22.7 Å². The molecular weight excluding hydrogens is 312 g/mol. The molecule has 0 bridgehead atoms. The van der Waals surface area contributed by atoms with Gasteiger partial charge in [0.05, 0.1) is 5.69 Å². The number of hydrogen-bond donors (Lipinski definition) is 1. The molecule has 1 aliphatic heterocycles. The lowest BCUT2D eigenvalue weighted by Gasteiger charge is -2.35. The van der Waals surface area contributed by atoms with Crippen LogP contribution in [-0.2, 0) is 9.59 Å². The van der Waals surface area contributed by atoms with Crippen molar-refractivity contribution in [1.82, 2.24) is 5.32 Å². The van der Waals surface area contributed by atoms with Crippen molar-refractivity contribution in [2.24, 2.45) is 5.41 Å². The number of aryl methyl sites for hydroxylation is 1. The number of nitrogens with zero attached hydrogens (tertiary/aromatic N) is 1. The summed E-state index contributed by atoms with van der Waals surface area (Å²) in [5, 5.41) is 2.21. The molecule has 0 unspecified atom stereocenters. The Labute approximate surface area is 119 Å². The number of anilines is 1. The lowest BCUT2D eigenvalue weighted by molar-refractivity contribution is -0.140. The fraction of sp³-hybridized carbons (Fsp3) is 0.308. The minimum absolute atomic E-state index is 0.478. The van der Waals surface area contributed by atoms with Crippen molar-refractivity contribution in [1.29, 1.82) is 0 Å². The normalized spacial score (nSPS) is 18.5. The molecule has 0 aliphatic carbocycles. The number of carbonyl (C=O) groups is 3. The van der Waals surface area contributed by atoms with Crippen molar-refractivity contribution in [3.63, 3.8) is 0 Å². The number of carbonyl (C=O) groups excluding carboxylic acids is 3. The molecule has 5 nitrogen and oxygen atoms in total. The van der Waals surface area contributed by atoms with E-state index in [1.165, 1.54) is 13.8 Å². The second-order valence-corrected chi connectivity index (χ2v) is 5.87. The van der Waals surface area contributed by atoms with Crippen molar-refractivity contribution < 1.29 is 14.4 Å². The summed E-state index contributed by atoms with van der Waals surface area (Å²) in [6.45, 7) is 4.79. The zero-order valence-electron chi connectivity index (χ0n) is 10.8. The fourth-order valence-corrected chi connectivity index (χ4v) is 2.34. The van der Waals surface area contributed by atoms with Crippen LogP contribution in [-0.4, -0.2) is 17.8 Å². The van der Waals surface area contributed by atoms with Crippen LogP contribution in [0.3, 0.4) is 0 Å². The smallest absolute Gasteiger partial charge is 0.276 e. The van der Waals surface area contributed by atoms with Gasteiger partial charge in [-0.1, -0.05) is 15.9 Å². The third-order valence-electron chi connectivity index (χ3n) is 3.13. The number of imide groups is 2. The Morgan fingerprint density at radius 1 is 1.21 bits per heavy atom. The number of urea groups is 1. The summed E-state index contributed by atoms with van der Waals surface area (Å²) >= 11 is 3.32. The van der Waals surface area contributed by atoms with Crippen molar-refractivity contribution >= 4 is 39.5 Å². The van der Waals surface area contributed by atoms with E-state index in [4.69, 9.17) is 0 Å². The Hall–Kier alpha value is -1.69. The molecule has 0 saturated carbocycles. The predicted molar refractivity (Wildman–Crippen MR) is 73.7 cm³/mol. The maximum Gasteiger partial charge on any atom is 0.335 e. The standard InChI is InChI=1S/C13H13BrN2O3/c1-7-6-8(14)4-5-9(7)16-11(18)13(2,3)10(17)15-12(16)19/h4-6H,1-3H3,(H,15,17,19). The summed E-state index contributed by atoms with van der Waals surface area (Å²) in [6, 6.07) is 4.51. The van der Waals surface area contributed by atoms with Gasteiger partial charge in [0.25, 0.3) is 0 Å². The van der Waals surface area contributed by atoms with Crippen molar-refractivity contribution in [2.45, 2.75) is 20.8 Å². The third-order valence-corrected chi connectivity index (χ3v) is 3.62. The largest absolute Gasteiger partial charge is 0.335 e. The average molecular weight is 325 g/mol. The molecule has 4 amide bonds. The number of benzene rings is 1. The monoisotopic (exact) mass is 324 g/mol. The molecule has 100 valence electrons. The van der Waals surface area contributed by atoms with Crippen LogP contribution in [0.1, 0.15) is 19.4 Å². The lowest BCUT2D eigenvalue weighted by Crippen LogP contribution is -2.62. The van der Waals surface area contributed by atoms with Crippen LogP contribution in [0.4, 0.5) is 10.5 Å². The molecular formula is C13H13BrN2O3. The van der Waals surface area contributed by atoms with E-state index in [-0.39, 0.29) is 0 Å². The highest BCUT2D eigenvalue weighted by molar-refractivity contribution is 9.10. The fourth-order valence-electron chi connectivity index (χ4n) is 1.87. The highest BCUT2D eigenvalue weighted by Gasteiger charge is 2.47. The Bertz CT molecular complexity index is 596. The second-order valence-electron chi connectivity index (χ2n) is 4.96. The second kappa shape index (κ2) is 4.45. The number of halogens is 1. The molecule has 1 heterocycles. The highest BCUT2D eigenvalue weighted by atomic mass is 79.9. The first-order chi connectivity index (χ1) is 8.75. The minimum Gasteiger partial charge on any atom is -0.276 e. The van der Waals surface area contributed by atoms with Gasteiger partial charge in [0, 0.05) is 4.47 Å². The van der Waals surface area contributed by atoms with Gasteiger partial charge in [0.15, 0.2) is 0 Å². The van der Waals surface area contributed by atoms with Crippen molar-refractivity contribution in [3.8, 4) is 0 Å². The van der Waals surface area contributed by atoms with Crippen LogP contribution in [0.25, 0.3) is 0 Å². The first kappa shape index (κ1) is 13.7. The maximum atomic E-state index is 12.3. The van der Waals surface area contributed by atoms with Gasteiger partial charge in [-0.05, 0) is 44.5 Å². The Balaban J connectivity index is 2.52. The molecule has 6 heteroatoms. The van der Waals surface area contributed by atoms with Gasteiger partial charge in [0.1, 0.15) is 5.41 Å². The Morgan fingerprint density at radius 3 is 2.42 bits per heavy atom. The van der Waals surface area contributed by atoms with Crippen LogP contribution in [0.2, 0.25) is 0 Å². The molecule has 1 aromatic carbocycles. The topological polar surface area (TPSA) is 66.5 Å². The van der Waals surface area contributed by atoms with Gasteiger partial charge in [-0.2, -0.15) is 0 Å². The Kier molecular flexibility index (Phi) is 3.22. The number of nitrogens with one attached hydrogen (secondary N) is 1. The number of hydrogen-bond acceptors (Lipinski definition) is 3. The molecule has 1 aliphatic rings. The predicted octanol–water partition coefficient (Wildman–Crippen LogP) is 2.37. The number of amides is 4. The van der Waals surface area contributed by atoms with Gasteiger partial charge in [-0.25, -0.2) is 9.69 Å². The zero-order valence-corrected chi connectivity index (χ0v) is 12.4. The van der Waals surface area contributed by atoms with E-state index >= 15 is 0 Å². The van der Waals surface area contributed by atoms with Gasteiger partial charge >= 0.3 is 6.03 Å². The van der Waals surface area contributed by atoms with E-state index in [0.717, 1.165) is 14.9 Å². The van der Waals surface area contributed by atoms with Crippen molar-refractivity contribution in [3.05, 3.63) is 28.2 Å². The average Bonchev–Trinajstić information content (AvgIpc) is 2.30. The molecule has 19 heavy (non-hydrogen) atoms. The summed E-state index contributed by atoms with van der Waals surface area (Å²) in [5.74, 6) is -1.10. The molecule has 2 rings (SSSR count). The molecule has 0 atom stereocenters. The van der Waals surface area contributed by atoms with Gasteiger partial charge < -0.3 is 0 Å². The zero-order chi connectivity index (χ0) is 14.4. The van der Waals surface area contributed by atoms with Gasteiger partial charge in [0.2, 0.25) is 11.8 Å². The van der Waals surface area contributed by atoms with Crippen LogP contribution < -0.4 is 10.2 Å². The lowest BCUT2D eigenvalue weighted by atomic mass is 9.88. The van der Waals surface area contributed by atoms with E-state index in [9.17, 15) is 14.4 Å². The Morgan fingerprint density at radius 2 is 1.84 bits per heavy atom. The minimum atomic E-state index is -1.26. The van der Waals surface area contributed by atoms with Crippen molar-refractivity contribution in [2.75, 3.05) is 4.90 Å². The summed E-state index contributed by atoms with van der Waals surface area (Å²) in [6.07, 6.45) is 0. The first-order valence-electron chi connectivity index (χ1n) is 5.71. The van der Waals surface area contributed by atoms with E-state index in [1.54, 1.807) is 25.1 Å². The molecule has 1 fully saturated rings. The number of rotatable bonds is 1. The third kappa shape index (κ3) is 2.16. The molecule has 1 N–H and O–H groups in total. The first-order valence-corrected chi connectivity index (χ1v) is 6.50. The summed E-state index contributed by atoms with van der Waals surface area (Å²) < 4.78 is 0.856. The SMILES string of the molecule is Cc1cc(Br)ccc1N1C(=O)NC(=O)C(C)(C)C1=O. The van der Waals surface area contributed by atoms with Gasteiger partial charge in [-0.3, -0.25) is 14.9 Å². The van der Waals surface area contributed by atoms with E-state index in [0.29, 0.717) is 5.69 Å². The van der Waals surface area contributed by atoms with Gasteiger partial charge in [-0.15, -0.1) is 0 Å². The van der Waals surface area contributed by atoms with E-state index in [1.807, 2.05) is 0 Å². The quantitative estimate of drug-likeness (QED) is 0.806. The van der Waals surface area contributed by atoms with Crippen LogP contribution in [0.5, 0.6) is 0 Å². The number of barbiturate groups is 1. The summed E-state index contributed by atoms with van der Waals surface area (Å²) in [4.78, 5) is 36.9. The molecule has 1 saturated heterocycles. The molecule has 0 spiro atoms. The summed E-state index contributed by atoms with van der Waals surface area (Å²) in [7, 11) is 0. The highest BCUT2D eigenvalue weighted by Crippen LogP contribution is 2.31. The molecule has 0 aromatic heterocycles.